The molecular weight excluding hydrogens is 312 g/mol. The summed E-state index contributed by atoms with van der Waals surface area (Å²) >= 11 is 1.76. The van der Waals surface area contributed by atoms with E-state index in [-0.39, 0.29) is 11.5 Å². The Labute approximate surface area is 139 Å². The smallest absolute Gasteiger partial charge is 0.293 e. The molecule has 0 spiro atoms. The minimum atomic E-state index is -0.466. The van der Waals surface area contributed by atoms with Crippen molar-refractivity contribution in [3.63, 3.8) is 0 Å². The normalized spacial score (nSPS) is 10.3. The quantitative estimate of drug-likeness (QED) is 0.341. The first-order valence-electron chi connectivity index (χ1n) is 7.23. The van der Waals surface area contributed by atoms with Crippen molar-refractivity contribution in [2.45, 2.75) is 12.7 Å². The largest absolute Gasteiger partial charge is 0.379 e. The minimum Gasteiger partial charge on any atom is -0.379 e. The number of ketones is 1. The average molecular weight is 330 g/mol. The van der Waals surface area contributed by atoms with Crippen LogP contribution in [0.25, 0.3) is 0 Å². The van der Waals surface area contributed by atoms with Gasteiger partial charge in [0, 0.05) is 29.7 Å². The monoisotopic (exact) mass is 330 g/mol. The van der Waals surface area contributed by atoms with Crippen molar-refractivity contribution in [2.75, 3.05) is 17.6 Å². The summed E-state index contributed by atoms with van der Waals surface area (Å²) in [5, 5.41) is 14.2. The van der Waals surface area contributed by atoms with Crippen LogP contribution >= 0.6 is 11.8 Å². The Bertz CT molecular complexity index is 689. The molecule has 2 rings (SSSR count). The van der Waals surface area contributed by atoms with Gasteiger partial charge in [0.2, 0.25) is 0 Å². The molecule has 2 aromatic carbocycles. The molecule has 0 saturated carbocycles. The van der Waals surface area contributed by atoms with Crippen LogP contribution in [0, 0.1) is 10.1 Å². The summed E-state index contributed by atoms with van der Waals surface area (Å²) in [5.41, 5.74) is 1.99. The van der Waals surface area contributed by atoms with Crippen molar-refractivity contribution in [1.29, 1.82) is 0 Å². The van der Waals surface area contributed by atoms with Gasteiger partial charge in [-0.05, 0) is 24.6 Å². The third kappa shape index (κ3) is 5.10. The van der Waals surface area contributed by atoms with Gasteiger partial charge in [-0.25, -0.2) is 0 Å². The molecule has 0 radical (unpaired) electrons. The molecule has 0 fully saturated rings. The van der Waals surface area contributed by atoms with Gasteiger partial charge >= 0.3 is 0 Å². The lowest BCUT2D eigenvalue weighted by molar-refractivity contribution is -0.384. The predicted molar refractivity (Wildman–Crippen MR) is 94.2 cm³/mol. The molecule has 120 valence electrons. The lowest BCUT2D eigenvalue weighted by Gasteiger charge is -2.08. The molecule has 0 heterocycles. The Kier molecular flexibility index (Phi) is 6.17. The highest BCUT2D eigenvalue weighted by Crippen LogP contribution is 2.26. The third-order valence-electron chi connectivity index (χ3n) is 3.27. The summed E-state index contributed by atoms with van der Waals surface area (Å²) in [6.45, 7) is 2.02. The molecule has 0 amide bonds. The number of carbonyl (C=O) groups excluding carboxylic acids is 1. The van der Waals surface area contributed by atoms with E-state index < -0.39 is 4.92 Å². The van der Waals surface area contributed by atoms with E-state index >= 15 is 0 Å². The molecule has 0 saturated heterocycles. The fraction of sp³-hybridized carbons (Fsp3) is 0.235. The van der Waals surface area contributed by atoms with Crippen molar-refractivity contribution in [3.8, 4) is 0 Å². The van der Waals surface area contributed by atoms with Gasteiger partial charge in [-0.1, -0.05) is 30.3 Å². The van der Waals surface area contributed by atoms with Gasteiger partial charge in [0.15, 0.2) is 5.78 Å². The Morgan fingerprint density at radius 2 is 1.96 bits per heavy atom. The lowest BCUT2D eigenvalue weighted by Crippen LogP contribution is -2.07. The van der Waals surface area contributed by atoms with Crippen LogP contribution in [0.15, 0.2) is 48.5 Å². The van der Waals surface area contributed by atoms with E-state index in [9.17, 15) is 14.9 Å². The molecule has 23 heavy (non-hydrogen) atoms. The number of hydrogen-bond acceptors (Lipinski definition) is 5. The Morgan fingerprint density at radius 1 is 1.22 bits per heavy atom. The molecule has 0 atom stereocenters. The number of nitro benzene ring substituents is 1. The first kappa shape index (κ1) is 17.0. The molecule has 1 N–H and O–H groups in total. The van der Waals surface area contributed by atoms with E-state index in [0.717, 1.165) is 11.5 Å². The number of nitrogens with one attached hydrogen (secondary N) is 1. The van der Waals surface area contributed by atoms with E-state index in [0.29, 0.717) is 17.8 Å². The summed E-state index contributed by atoms with van der Waals surface area (Å²) in [7, 11) is 0. The molecule has 2 aromatic rings. The second kappa shape index (κ2) is 8.33. The van der Waals surface area contributed by atoms with Gasteiger partial charge in [0.05, 0.1) is 4.92 Å². The summed E-state index contributed by atoms with van der Waals surface area (Å²) < 4.78 is 0. The molecular formula is C17H18N2O3S. The molecule has 0 bridgehead atoms. The van der Waals surface area contributed by atoms with Gasteiger partial charge < -0.3 is 5.32 Å². The number of anilines is 1. The van der Waals surface area contributed by atoms with Crippen LogP contribution in [0.2, 0.25) is 0 Å². The highest BCUT2D eigenvalue weighted by molar-refractivity contribution is 7.98. The van der Waals surface area contributed by atoms with Crippen LogP contribution in [0.5, 0.6) is 0 Å². The summed E-state index contributed by atoms with van der Waals surface area (Å²) in [4.78, 5) is 22.0. The fourth-order valence-corrected chi connectivity index (χ4v) is 2.89. The van der Waals surface area contributed by atoms with Crippen molar-refractivity contribution >= 4 is 28.9 Å². The van der Waals surface area contributed by atoms with Gasteiger partial charge in [0.1, 0.15) is 5.69 Å². The average Bonchev–Trinajstić information content (AvgIpc) is 2.55. The van der Waals surface area contributed by atoms with Crippen molar-refractivity contribution in [3.05, 3.63) is 69.8 Å². The number of nitro groups is 1. The number of rotatable bonds is 8. The van der Waals surface area contributed by atoms with E-state index in [2.05, 4.69) is 17.4 Å². The maximum absolute atomic E-state index is 11.3. The van der Waals surface area contributed by atoms with Crippen LogP contribution in [0.1, 0.15) is 22.8 Å². The third-order valence-corrected chi connectivity index (χ3v) is 4.30. The zero-order valence-electron chi connectivity index (χ0n) is 12.8. The van der Waals surface area contributed by atoms with Crippen LogP contribution in [-0.2, 0) is 5.75 Å². The SMILES string of the molecule is CC(=O)c1ccc(NCCSCc2ccccc2)c([N+](=O)[O-])c1. The van der Waals surface area contributed by atoms with Gasteiger partial charge in [-0.15, -0.1) is 0 Å². The lowest BCUT2D eigenvalue weighted by atomic mass is 10.1. The molecule has 0 aliphatic rings. The Balaban J connectivity index is 1.87. The standard InChI is InChI=1S/C17H18N2O3S/c1-13(20)15-7-8-16(17(11-15)19(21)22)18-9-10-23-12-14-5-3-2-4-6-14/h2-8,11,18H,9-10,12H2,1H3. The Hall–Kier alpha value is -2.34. The number of benzene rings is 2. The molecule has 0 unspecified atom stereocenters. The van der Waals surface area contributed by atoms with Crippen LogP contribution in [0.4, 0.5) is 11.4 Å². The number of nitrogens with zero attached hydrogens (tertiary/aromatic N) is 1. The summed E-state index contributed by atoms with van der Waals surface area (Å²) in [5.74, 6) is 1.56. The highest BCUT2D eigenvalue weighted by Gasteiger charge is 2.15. The van der Waals surface area contributed by atoms with E-state index in [1.54, 1.807) is 23.9 Å². The molecule has 0 aliphatic carbocycles. The number of thioether (sulfide) groups is 1. The molecule has 6 heteroatoms. The number of hydrogen-bond donors (Lipinski definition) is 1. The van der Waals surface area contributed by atoms with Gasteiger partial charge in [0.25, 0.3) is 5.69 Å². The van der Waals surface area contributed by atoms with Crippen molar-refractivity contribution in [1.82, 2.24) is 0 Å². The zero-order valence-corrected chi connectivity index (χ0v) is 13.6. The van der Waals surface area contributed by atoms with Crippen LogP contribution < -0.4 is 5.32 Å². The highest BCUT2D eigenvalue weighted by atomic mass is 32.2. The van der Waals surface area contributed by atoms with Gasteiger partial charge in [-0.3, -0.25) is 14.9 Å². The van der Waals surface area contributed by atoms with Crippen LogP contribution in [0.3, 0.4) is 0 Å². The van der Waals surface area contributed by atoms with Gasteiger partial charge in [-0.2, -0.15) is 11.8 Å². The zero-order chi connectivity index (χ0) is 16.7. The fourth-order valence-electron chi connectivity index (χ4n) is 2.07. The second-order valence-electron chi connectivity index (χ2n) is 5.01. The van der Waals surface area contributed by atoms with E-state index in [1.807, 2.05) is 18.2 Å². The Morgan fingerprint density at radius 3 is 2.61 bits per heavy atom. The maximum atomic E-state index is 11.3. The molecule has 0 aromatic heterocycles. The first-order chi connectivity index (χ1) is 11.1. The molecule has 5 nitrogen and oxygen atoms in total. The van der Waals surface area contributed by atoms with E-state index in [4.69, 9.17) is 0 Å². The second-order valence-corrected chi connectivity index (χ2v) is 6.12. The van der Waals surface area contributed by atoms with Crippen molar-refractivity contribution in [2.24, 2.45) is 0 Å². The summed E-state index contributed by atoms with van der Waals surface area (Å²) in [6.07, 6.45) is 0. The first-order valence-corrected chi connectivity index (χ1v) is 8.38. The molecule has 0 aliphatic heterocycles. The number of carbonyl (C=O) groups is 1. The topological polar surface area (TPSA) is 72.2 Å². The minimum absolute atomic E-state index is 0.0641. The number of Topliss-reactive ketones (excluding diaryl/α,β-unsaturated/α-hetero) is 1. The van der Waals surface area contributed by atoms with E-state index in [1.165, 1.54) is 18.6 Å². The summed E-state index contributed by atoms with van der Waals surface area (Å²) in [6, 6.07) is 14.7. The van der Waals surface area contributed by atoms with Crippen molar-refractivity contribution < 1.29 is 9.72 Å². The van der Waals surface area contributed by atoms with Crippen LogP contribution in [-0.4, -0.2) is 23.0 Å². The maximum Gasteiger partial charge on any atom is 0.293 e. The predicted octanol–water partition coefficient (Wildman–Crippen LogP) is 4.14.